The molecule has 0 radical (unpaired) electrons. The summed E-state index contributed by atoms with van der Waals surface area (Å²) < 4.78 is 5.30. The molecular formula is C15H20O2. The molecule has 4 unspecified atom stereocenters. The van der Waals surface area contributed by atoms with Crippen molar-refractivity contribution < 1.29 is 9.84 Å². The minimum absolute atomic E-state index is 0.0469. The summed E-state index contributed by atoms with van der Waals surface area (Å²) in [6.45, 7) is 2.10. The Bertz CT molecular complexity index is 427. The van der Waals surface area contributed by atoms with Gasteiger partial charge in [-0.15, -0.1) is 0 Å². The van der Waals surface area contributed by atoms with E-state index in [4.69, 9.17) is 4.74 Å². The zero-order valence-electron chi connectivity index (χ0n) is 10.5. The van der Waals surface area contributed by atoms with Gasteiger partial charge in [0, 0.05) is 0 Å². The molecule has 4 atom stereocenters. The van der Waals surface area contributed by atoms with Crippen molar-refractivity contribution in [3.63, 3.8) is 0 Å². The molecule has 2 saturated carbocycles. The number of fused-ring (bicyclic) bond motifs is 1. The Hall–Kier alpha value is -1.02. The Kier molecular flexibility index (Phi) is 2.62. The van der Waals surface area contributed by atoms with Crippen LogP contribution in [0.25, 0.3) is 0 Å². The first-order valence-corrected chi connectivity index (χ1v) is 6.51. The zero-order valence-corrected chi connectivity index (χ0v) is 10.5. The fourth-order valence-electron chi connectivity index (χ4n) is 3.71. The third-order valence-corrected chi connectivity index (χ3v) is 4.65. The number of hydrogen-bond donors (Lipinski definition) is 1. The minimum Gasteiger partial charge on any atom is -0.496 e. The van der Waals surface area contributed by atoms with Crippen molar-refractivity contribution in [2.75, 3.05) is 7.11 Å². The smallest absolute Gasteiger partial charge is 0.121 e. The van der Waals surface area contributed by atoms with Crippen LogP contribution in [0.2, 0.25) is 0 Å². The topological polar surface area (TPSA) is 29.5 Å². The van der Waals surface area contributed by atoms with E-state index >= 15 is 0 Å². The maximum atomic E-state index is 9.69. The van der Waals surface area contributed by atoms with Gasteiger partial charge in [-0.2, -0.15) is 0 Å². The molecule has 0 aliphatic heterocycles. The molecule has 17 heavy (non-hydrogen) atoms. The van der Waals surface area contributed by atoms with E-state index < -0.39 is 0 Å². The van der Waals surface area contributed by atoms with Gasteiger partial charge in [-0.3, -0.25) is 0 Å². The van der Waals surface area contributed by atoms with Gasteiger partial charge < -0.3 is 9.84 Å². The molecule has 0 spiro atoms. The molecule has 92 valence electrons. The first-order chi connectivity index (χ1) is 8.19. The van der Waals surface area contributed by atoms with Gasteiger partial charge in [0.15, 0.2) is 0 Å². The molecule has 1 N–H and O–H groups in total. The van der Waals surface area contributed by atoms with E-state index in [0.717, 1.165) is 30.4 Å². The van der Waals surface area contributed by atoms with E-state index in [1.54, 1.807) is 7.11 Å². The van der Waals surface area contributed by atoms with Crippen LogP contribution in [0, 0.1) is 18.8 Å². The van der Waals surface area contributed by atoms with Gasteiger partial charge in [-0.25, -0.2) is 0 Å². The number of methoxy groups -OCH3 is 1. The molecule has 2 aliphatic rings. The lowest BCUT2D eigenvalue weighted by Gasteiger charge is -2.41. The van der Waals surface area contributed by atoms with Crippen molar-refractivity contribution in [3.05, 3.63) is 29.3 Å². The molecule has 1 aromatic carbocycles. The van der Waals surface area contributed by atoms with Crippen LogP contribution < -0.4 is 4.74 Å². The molecule has 0 bridgehead atoms. The second kappa shape index (κ2) is 4.02. The van der Waals surface area contributed by atoms with Gasteiger partial charge in [0.05, 0.1) is 13.2 Å². The highest BCUT2D eigenvalue weighted by molar-refractivity contribution is 5.38. The average molecular weight is 232 g/mol. The van der Waals surface area contributed by atoms with E-state index in [1.165, 1.54) is 17.5 Å². The lowest BCUT2D eigenvalue weighted by molar-refractivity contribution is 0.168. The lowest BCUT2D eigenvalue weighted by atomic mass is 9.64. The summed E-state index contributed by atoms with van der Waals surface area (Å²) in [7, 11) is 1.72. The number of rotatable bonds is 2. The second-order valence-corrected chi connectivity index (χ2v) is 5.62. The van der Waals surface area contributed by atoms with Gasteiger partial charge >= 0.3 is 0 Å². The summed E-state index contributed by atoms with van der Waals surface area (Å²) >= 11 is 0. The van der Waals surface area contributed by atoms with Crippen LogP contribution in [-0.2, 0) is 0 Å². The van der Waals surface area contributed by atoms with E-state index in [1.807, 2.05) is 0 Å². The van der Waals surface area contributed by atoms with Crippen molar-refractivity contribution in [3.8, 4) is 5.75 Å². The summed E-state index contributed by atoms with van der Waals surface area (Å²) in [4.78, 5) is 0. The third kappa shape index (κ3) is 1.75. The van der Waals surface area contributed by atoms with Crippen molar-refractivity contribution >= 4 is 0 Å². The highest BCUT2D eigenvalue weighted by Crippen LogP contribution is 2.56. The Balaban J connectivity index is 1.80. The fourth-order valence-corrected chi connectivity index (χ4v) is 3.71. The molecular weight excluding hydrogens is 212 g/mol. The Morgan fingerprint density at radius 2 is 2.06 bits per heavy atom. The molecule has 1 aromatic rings. The summed E-state index contributed by atoms with van der Waals surface area (Å²) in [5, 5.41) is 9.69. The molecule has 0 heterocycles. The van der Waals surface area contributed by atoms with Gasteiger partial charge in [0.25, 0.3) is 0 Å². The largest absolute Gasteiger partial charge is 0.496 e. The minimum atomic E-state index is -0.0469. The quantitative estimate of drug-likeness (QED) is 0.849. The molecule has 2 nitrogen and oxygen atoms in total. The van der Waals surface area contributed by atoms with Crippen molar-refractivity contribution in [1.82, 2.24) is 0 Å². The van der Waals surface area contributed by atoms with E-state index in [2.05, 4.69) is 25.1 Å². The van der Waals surface area contributed by atoms with Crippen LogP contribution in [0.15, 0.2) is 18.2 Å². The monoisotopic (exact) mass is 232 g/mol. The van der Waals surface area contributed by atoms with E-state index in [0.29, 0.717) is 5.92 Å². The summed E-state index contributed by atoms with van der Waals surface area (Å²) in [6, 6.07) is 6.52. The number of ether oxygens (including phenoxy) is 1. The van der Waals surface area contributed by atoms with E-state index in [9.17, 15) is 5.11 Å². The molecule has 2 heteroatoms. The zero-order chi connectivity index (χ0) is 12.0. The highest BCUT2D eigenvalue weighted by atomic mass is 16.5. The molecule has 0 amide bonds. The maximum absolute atomic E-state index is 9.69. The molecule has 2 aliphatic carbocycles. The Morgan fingerprint density at radius 1 is 1.24 bits per heavy atom. The van der Waals surface area contributed by atoms with Crippen molar-refractivity contribution in [2.45, 2.75) is 38.2 Å². The molecule has 3 rings (SSSR count). The first kappa shape index (κ1) is 11.1. The summed E-state index contributed by atoms with van der Waals surface area (Å²) in [5.41, 5.74) is 2.64. The van der Waals surface area contributed by atoms with Crippen molar-refractivity contribution in [1.29, 1.82) is 0 Å². The maximum Gasteiger partial charge on any atom is 0.121 e. The Labute approximate surface area is 103 Å². The van der Waals surface area contributed by atoms with Gasteiger partial charge in [0.2, 0.25) is 0 Å². The summed E-state index contributed by atoms with van der Waals surface area (Å²) in [5.74, 6) is 3.13. The lowest BCUT2D eigenvalue weighted by Crippen LogP contribution is -2.30. The van der Waals surface area contributed by atoms with Crippen LogP contribution in [-0.4, -0.2) is 18.3 Å². The summed E-state index contributed by atoms with van der Waals surface area (Å²) in [6.07, 6.45) is 3.24. The van der Waals surface area contributed by atoms with E-state index in [-0.39, 0.29) is 6.10 Å². The predicted octanol–water partition coefficient (Wildman–Crippen LogP) is 2.88. The SMILES string of the molecule is COc1ccc(C2CC3CC(O)CC32)cc1C. The third-order valence-electron chi connectivity index (χ3n) is 4.65. The van der Waals surface area contributed by atoms with Gasteiger partial charge in [-0.1, -0.05) is 12.1 Å². The number of aliphatic hydroxyl groups excluding tert-OH is 1. The molecule has 0 saturated heterocycles. The number of hydrogen-bond acceptors (Lipinski definition) is 2. The van der Waals surface area contributed by atoms with Gasteiger partial charge in [-0.05, 0) is 61.1 Å². The number of aliphatic hydroxyl groups is 1. The van der Waals surface area contributed by atoms with Crippen LogP contribution >= 0.6 is 0 Å². The number of aryl methyl sites for hydroxylation is 1. The van der Waals surface area contributed by atoms with Crippen molar-refractivity contribution in [2.24, 2.45) is 11.8 Å². The standard InChI is InChI=1S/C15H20O2/c1-9-5-10(3-4-15(9)17-2)13-7-11-6-12(16)8-14(11)13/h3-5,11-14,16H,6-8H2,1-2H3. The fraction of sp³-hybridized carbons (Fsp3) is 0.600. The van der Waals surface area contributed by atoms with Gasteiger partial charge in [0.1, 0.15) is 5.75 Å². The van der Waals surface area contributed by atoms with Crippen LogP contribution in [0.1, 0.15) is 36.3 Å². The first-order valence-electron chi connectivity index (χ1n) is 6.51. The normalized spacial score (nSPS) is 35.2. The Morgan fingerprint density at radius 3 is 2.71 bits per heavy atom. The average Bonchev–Trinajstić information content (AvgIpc) is 2.57. The second-order valence-electron chi connectivity index (χ2n) is 5.62. The highest BCUT2D eigenvalue weighted by Gasteiger charge is 2.47. The predicted molar refractivity (Wildman–Crippen MR) is 67.3 cm³/mol. The van der Waals surface area contributed by atoms with Crippen LogP contribution in [0.3, 0.4) is 0 Å². The number of benzene rings is 1. The van der Waals surface area contributed by atoms with Crippen LogP contribution in [0.5, 0.6) is 5.75 Å². The molecule has 0 aromatic heterocycles. The van der Waals surface area contributed by atoms with Crippen LogP contribution in [0.4, 0.5) is 0 Å². The molecule has 2 fully saturated rings.